The van der Waals surface area contributed by atoms with Crippen LogP contribution in [0.3, 0.4) is 0 Å². The summed E-state index contributed by atoms with van der Waals surface area (Å²) in [6.45, 7) is 5.77. The number of ether oxygens (including phenoxy) is 1. The van der Waals surface area contributed by atoms with E-state index in [-0.39, 0.29) is 17.1 Å². The van der Waals surface area contributed by atoms with Crippen molar-refractivity contribution in [1.29, 1.82) is 0 Å². The fourth-order valence-electron chi connectivity index (χ4n) is 6.28. The molecule has 5 rings (SSSR count). The zero-order valence-corrected chi connectivity index (χ0v) is 17.5. The highest BCUT2D eigenvalue weighted by Gasteiger charge is 2.66. The van der Waals surface area contributed by atoms with Crippen LogP contribution in [0, 0.1) is 32.6 Å². The van der Waals surface area contributed by atoms with Crippen molar-refractivity contribution < 1.29 is 27.5 Å². The fourth-order valence-corrected chi connectivity index (χ4v) is 6.28. The van der Waals surface area contributed by atoms with Gasteiger partial charge in [-0.15, -0.1) is 0 Å². The molecule has 2 heterocycles. The Labute approximate surface area is 178 Å². The van der Waals surface area contributed by atoms with Crippen LogP contribution in [0.4, 0.5) is 13.2 Å². The number of carbonyl (C=O) groups is 2. The van der Waals surface area contributed by atoms with Crippen LogP contribution in [0.2, 0.25) is 0 Å². The van der Waals surface area contributed by atoms with E-state index < -0.39 is 47.6 Å². The first-order chi connectivity index (χ1) is 14.6. The van der Waals surface area contributed by atoms with Crippen LogP contribution in [0.25, 0.3) is 0 Å². The number of benzene rings is 2. The number of carbonyl (C=O) groups excluding carboxylic acids is 2. The van der Waals surface area contributed by atoms with E-state index in [2.05, 4.69) is 0 Å². The third kappa shape index (κ3) is 2.91. The summed E-state index contributed by atoms with van der Waals surface area (Å²) in [5.41, 5.74) is 3.08. The van der Waals surface area contributed by atoms with Gasteiger partial charge in [-0.25, -0.2) is 0 Å². The van der Waals surface area contributed by atoms with Crippen molar-refractivity contribution in [3.05, 3.63) is 69.8 Å². The van der Waals surface area contributed by atoms with Gasteiger partial charge in [-0.05, 0) is 55.5 Å². The smallest absolute Gasteiger partial charge is 0.373 e. The van der Waals surface area contributed by atoms with Crippen molar-refractivity contribution in [2.24, 2.45) is 11.8 Å². The second-order valence-electron chi connectivity index (χ2n) is 9.17. The predicted octanol–water partition coefficient (Wildman–Crippen LogP) is 5.05. The summed E-state index contributed by atoms with van der Waals surface area (Å²) in [4.78, 5) is 26.9. The Morgan fingerprint density at radius 1 is 0.935 bits per heavy atom. The Hall–Kier alpha value is -2.47. The summed E-state index contributed by atoms with van der Waals surface area (Å²) in [6, 6.07) is 9.42. The van der Waals surface area contributed by atoms with E-state index in [9.17, 15) is 22.8 Å². The average Bonchev–Trinajstić information content (AvgIpc) is 3.34. The molecule has 6 heteroatoms. The van der Waals surface area contributed by atoms with Gasteiger partial charge in [-0.3, -0.25) is 9.59 Å². The number of ketones is 2. The monoisotopic (exact) mass is 428 g/mol. The number of fused-ring (bicyclic) bond motifs is 5. The van der Waals surface area contributed by atoms with Crippen molar-refractivity contribution in [2.45, 2.75) is 57.4 Å². The number of Topliss-reactive ketones (excluding diaryl/α,β-unsaturated/α-hetero) is 2. The number of rotatable bonds is 2. The largest absolute Gasteiger partial charge is 0.416 e. The van der Waals surface area contributed by atoms with E-state index >= 15 is 0 Å². The van der Waals surface area contributed by atoms with Crippen LogP contribution in [0.15, 0.2) is 36.4 Å². The normalized spacial score (nSPS) is 32.1. The number of aryl methyl sites for hydroxylation is 3. The number of hydrogen-bond acceptors (Lipinski definition) is 3. The fraction of sp³-hybridized carbons (Fsp3) is 0.440. The molecule has 0 aromatic heterocycles. The van der Waals surface area contributed by atoms with E-state index in [1.807, 2.05) is 32.9 Å². The number of alkyl halides is 3. The lowest BCUT2D eigenvalue weighted by atomic mass is 9.72. The Bertz CT molecular complexity index is 1080. The van der Waals surface area contributed by atoms with Gasteiger partial charge in [0.1, 0.15) is 5.92 Å². The van der Waals surface area contributed by atoms with E-state index in [0.717, 1.165) is 28.3 Å². The first-order valence-electron chi connectivity index (χ1n) is 10.6. The molecule has 3 nitrogen and oxygen atoms in total. The first kappa shape index (κ1) is 20.4. The van der Waals surface area contributed by atoms with E-state index in [1.54, 1.807) is 6.07 Å². The molecule has 2 bridgehead atoms. The maximum Gasteiger partial charge on any atom is 0.416 e. The molecular formula is C25H23F3O3. The van der Waals surface area contributed by atoms with E-state index in [1.165, 1.54) is 12.1 Å². The van der Waals surface area contributed by atoms with Crippen LogP contribution >= 0.6 is 0 Å². The van der Waals surface area contributed by atoms with Gasteiger partial charge in [0.2, 0.25) is 0 Å². The number of hydrogen-bond donors (Lipinski definition) is 0. The van der Waals surface area contributed by atoms with Crippen LogP contribution in [0.1, 0.15) is 51.6 Å². The highest BCUT2D eigenvalue weighted by Crippen LogP contribution is 2.58. The molecule has 1 saturated carbocycles. The Morgan fingerprint density at radius 3 is 2.19 bits per heavy atom. The van der Waals surface area contributed by atoms with Crippen LogP contribution < -0.4 is 0 Å². The van der Waals surface area contributed by atoms with Gasteiger partial charge in [0.25, 0.3) is 0 Å². The van der Waals surface area contributed by atoms with E-state index in [4.69, 9.17) is 4.74 Å². The first-order valence-corrected chi connectivity index (χ1v) is 10.6. The topological polar surface area (TPSA) is 43.4 Å². The van der Waals surface area contributed by atoms with Crippen molar-refractivity contribution in [3.63, 3.8) is 0 Å². The lowest BCUT2D eigenvalue weighted by Crippen LogP contribution is -2.34. The summed E-state index contributed by atoms with van der Waals surface area (Å²) < 4.78 is 46.8. The standard InChI is InChI=1S/C25H23F3O3/c1-11-8-12(2)18(13(3)9-11)20-22(29)19-17-10-15(24(31-17)21(19)23(20)30)14-6-4-5-7-16(14)25(26,27)28/h4-9,15,17,19-21,24H,10H2,1-3H3/t15-,17-,19-,20?,21+,24+/m0/s1. The van der Waals surface area contributed by atoms with Gasteiger partial charge in [0.15, 0.2) is 11.6 Å². The van der Waals surface area contributed by atoms with Crippen LogP contribution in [-0.4, -0.2) is 23.8 Å². The van der Waals surface area contributed by atoms with Gasteiger partial charge < -0.3 is 4.74 Å². The molecule has 162 valence electrons. The highest BCUT2D eigenvalue weighted by molar-refractivity contribution is 6.17. The second kappa shape index (κ2) is 6.76. The van der Waals surface area contributed by atoms with Crippen LogP contribution in [-0.2, 0) is 20.5 Å². The summed E-state index contributed by atoms with van der Waals surface area (Å²) in [5, 5.41) is 0. The molecule has 0 N–H and O–H groups in total. The molecule has 3 fully saturated rings. The Balaban J connectivity index is 1.53. The van der Waals surface area contributed by atoms with E-state index in [0.29, 0.717) is 6.42 Å². The van der Waals surface area contributed by atoms with Crippen LogP contribution in [0.5, 0.6) is 0 Å². The third-order valence-electron chi connectivity index (χ3n) is 7.27. The summed E-state index contributed by atoms with van der Waals surface area (Å²) in [5.74, 6) is -2.97. The molecule has 6 atom stereocenters. The minimum absolute atomic E-state index is 0.139. The summed E-state index contributed by atoms with van der Waals surface area (Å²) in [7, 11) is 0. The molecule has 0 radical (unpaired) electrons. The van der Waals surface area contributed by atoms with Crippen molar-refractivity contribution in [3.8, 4) is 0 Å². The molecule has 1 unspecified atom stereocenters. The molecule has 3 aliphatic rings. The zero-order valence-electron chi connectivity index (χ0n) is 17.5. The lowest BCUT2D eigenvalue weighted by Gasteiger charge is -2.28. The third-order valence-corrected chi connectivity index (χ3v) is 7.27. The minimum atomic E-state index is -4.48. The van der Waals surface area contributed by atoms with Gasteiger partial charge >= 0.3 is 6.18 Å². The molecule has 0 amide bonds. The van der Waals surface area contributed by atoms with Crippen molar-refractivity contribution >= 4 is 11.6 Å². The molecule has 2 aliphatic heterocycles. The highest BCUT2D eigenvalue weighted by atomic mass is 19.4. The summed E-state index contributed by atoms with van der Waals surface area (Å²) in [6.07, 6.45) is -5.34. The lowest BCUT2D eigenvalue weighted by molar-refractivity contribution is -0.138. The summed E-state index contributed by atoms with van der Waals surface area (Å²) >= 11 is 0. The predicted molar refractivity (Wildman–Crippen MR) is 108 cm³/mol. The van der Waals surface area contributed by atoms with Gasteiger partial charge in [0, 0.05) is 5.92 Å². The molecule has 2 saturated heterocycles. The molecular weight excluding hydrogens is 405 g/mol. The average molecular weight is 428 g/mol. The second-order valence-corrected chi connectivity index (χ2v) is 9.17. The molecule has 1 aliphatic carbocycles. The van der Waals surface area contributed by atoms with Crippen molar-refractivity contribution in [2.75, 3.05) is 0 Å². The Kier molecular flexibility index (Phi) is 4.46. The quantitative estimate of drug-likeness (QED) is 0.629. The molecule has 2 aromatic carbocycles. The zero-order chi connectivity index (χ0) is 22.2. The van der Waals surface area contributed by atoms with Crippen molar-refractivity contribution in [1.82, 2.24) is 0 Å². The Morgan fingerprint density at radius 2 is 1.55 bits per heavy atom. The maximum absolute atomic E-state index is 13.6. The molecule has 31 heavy (non-hydrogen) atoms. The SMILES string of the molecule is Cc1cc(C)c(C2C(=O)[C@@H]3[C@@H]4O[C@@H](C[C@H]4c4ccccc4C(F)(F)F)[C@@H]3C2=O)c(C)c1. The van der Waals surface area contributed by atoms with Gasteiger partial charge in [-0.2, -0.15) is 13.2 Å². The van der Waals surface area contributed by atoms with Gasteiger partial charge in [0.05, 0.1) is 29.6 Å². The number of halogens is 3. The maximum atomic E-state index is 13.6. The minimum Gasteiger partial charge on any atom is -0.373 e. The van der Waals surface area contributed by atoms with Gasteiger partial charge in [-0.1, -0.05) is 35.9 Å². The molecule has 0 spiro atoms. The molecule has 2 aromatic rings.